The molecule has 0 heterocycles. The minimum Gasteiger partial charge on any atom is -0.381 e. The van der Waals surface area contributed by atoms with E-state index in [2.05, 4.69) is 12.8 Å². The average molecular weight is 168 g/mol. The summed E-state index contributed by atoms with van der Waals surface area (Å²) in [5.41, 5.74) is 0. The molecule has 0 unspecified atom stereocenters. The van der Waals surface area contributed by atoms with Gasteiger partial charge in [0, 0.05) is 19.6 Å². The Hall–Kier alpha value is -0.480. The van der Waals surface area contributed by atoms with E-state index in [0.717, 1.165) is 26.1 Å². The number of hydrogen-bond acceptors (Lipinski definition) is 1. The van der Waals surface area contributed by atoms with Crippen molar-refractivity contribution in [2.24, 2.45) is 0 Å². The van der Waals surface area contributed by atoms with E-state index < -0.39 is 0 Å². The van der Waals surface area contributed by atoms with Crippen molar-refractivity contribution in [3.8, 4) is 12.3 Å². The molecule has 0 aliphatic rings. The highest BCUT2D eigenvalue weighted by atomic mass is 16.5. The van der Waals surface area contributed by atoms with Crippen LogP contribution in [0.25, 0.3) is 0 Å². The predicted molar refractivity (Wildman–Crippen MR) is 53.0 cm³/mol. The molecule has 0 radical (unpaired) electrons. The van der Waals surface area contributed by atoms with Crippen LogP contribution in [0.15, 0.2) is 0 Å². The quantitative estimate of drug-likeness (QED) is 0.400. The van der Waals surface area contributed by atoms with E-state index >= 15 is 0 Å². The molecule has 0 rings (SSSR count). The molecule has 0 aromatic carbocycles. The van der Waals surface area contributed by atoms with Gasteiger partial charge in [0.2, 0.25) is 0 Å². The lowest BCUT2D eigenvalue weighted by Crippen LogP contribution is -1.96. The van der Waals surface area contributed by atoms with Crippen molar-refractivity contribution >= 4 is 0 Å². The Morgan fingerprint density at radius 2 is 1.83 bits per heavy atom. The molecule has 0 saturated heterocycles. The van der Waals surface area contributed by atoms with Gasteiger partial charge in [0.1, 0.15) is 0 Å². The highest BCUT2D eigenvalue weighted by Gasteiger charge is 1.88. The molecule has 0 bridgehead atoms. The number of rotatable bonds is 8. The van der Waals surface area contributed by atoms with Crippen LogP contribution in [0.4, 0.5) is 0 Å². The first-order chi connectivity index (χ1) is 5.91. The van der Waals surface area contributed by atoms with Crippen molar-refractivity contribution in [2.45, 2.75) is 45.4 Å². The summed E-state index contributed by atoms with van der Waals surface area (Å²) in [5.74, 6) is 2.60. The van der Waals surface area contributed by atoms with Gasteiger partial charge in [-0.05, 0) is 12.8 Å². The minimum atomic E-state index is 0.830. The standard InChI is InChI=1S/C11H20O/c1-3-5-7-9-11-12-10-8-6-4-2/h2H,3,5-11H2,1H3. The Kier molecular flexibility index (Phi) is 10.1. The van der Waals surface area contributed by atoms with Crippen LogP contribution in [0.5, 0.6) is 0 Å². The van der Waals surface area contributed by atoms with E-state index in [1.54, 1.807) is 0 Å². The predicted octanol–water partition coefficient (Wildman–Crippen LogP) is 3.00. The van der Waals surface area contributed by atoms with Gasteiger partial charge in [-0.1, -0.05) is 26.2 Å². The van der Waals surface area contributed by atoms with Gasteiger partial charge in [0.25, 0.3) is 0 Å². The fourth-order valence-electron chi connectivity index (χ4n) is 1.01. The molecule has 0 aromatic heterocycles. The maximum absolute atomic E-state index is 5.39. The lowest BCUT2D eigenvalue weighted by molar-refractivity contribution is 0.128. The van der Waals surface area contributed by atoms with Crippen LogP contribution in [0.2, 0.25) is 0 Å². The van der Waals surface area contributed by atoms with Crippen molar-refractivity contribution < 1.29 is 4.74 Å². The molecular weight excluding hydrogens is 148 g/mol. The molecule has 70 valence electrons. The maximum atomic E-state index is 5.39. The Balaban J connectivity index is 2.78. The van der Waals surface area contributed by atoms with Gasteiger partial charge in [0.15, 0.2) is 0 Å². The highest BCUT2D eigenvalue weighted by Crippen LogP contribution is 1.99. The van der Waals surface area contributed by atoms with E-state index in [4.69, 9.17) is 11.2 Å². The smallest absolute Gasteiger partial charge is 0.0475 e. The third kappa shape index (κ3) is 9.52. The molecule has 0 N–H and O–H groups in total. The second kappa shape index (κ2) is 10.5. The first-order valence-corrected chi connectivity index (χ1v) is 4.93. The molecule has 1 nitrogen and oxygen atoms in total. The summed E-state index contributed by atoms with van der Waals surface area (Å²) < 4.78 is 5.39. The van der Waals surface area contributed by atoms with Gasteiger partial charge < -0.3 is 4.74 Å². The first kappa shape index (κ1) is 11.5. The largest absolute Gasteiger partial charge is 0.381 e. The summed E-state index contributed by atoms with van der Waals surface area (Å²) in [6, 6.07) is 0. The van der Waals surface area contributed by atoms with E-state index in [-0.39, 0.29) is 0 Å². The molecule has 0 spiro atoms. The molecular formula is C11H20O. The van der Waals surface area contributed by atoms with Crippen LogP contribution < -0.4 is 0 Å². The molecule has 0 fully saturated rings. The van der Waals surface area contributed by atoms with E-state index in [9.17, 15) is 0 Å². The normalized spacial score (nSPS) is 9.67. The lowest BCUT2D eigenvalue weighted by Gasteiger charge is -2.01. The Labute approximate surface area is 76.5 Å². The van der Waals surface area contributed by atoms with Gasteiger partial charge in [-0.2, -0.15) is 0 Å². The van der Waals surface area contributed by atoms with Gasteiger partial charge in [-0.3, -0.25) is 0 Å². The number of ether oxygens (including phenoxy) is 1. The number of unbranched alkanes of at least 4 members (excludes halogenated alkanes) is 4. The van der Waals surface area contributed by atoms with E-state index in [0.29, 0.717) is 0 Å². The van der Waals surface area contributed by atoms with Gasteiger partial charge in [-0.25, -0.2) is 0 Å². The zero-order valence-corrected chi connectivity index (χ0v) is 8.14. The zero-order chi connectivity index (χ0) is 9.07. The molecule has 0 amide bonds. The molecule has 0 aromatic rings. The molecule has 12 heavy (non-hydrogen) atoms. The topological polar surface area (TPSA) is 9.23 Å². The maximum Gasteiger partial charge on any atom is 0.0475 e. The summed E-state index contributed by atoms with van der Waals surface area (Å²) in [6.07, 6.45) is 12.1. The van der Waals surface area contributed by atoms with Gasteiger partial charge >= 0.3 is 0 Å². The third-order valence-electron chi connectivity index (χ3n) is 1.75. The molecule has 1 heteroatoms. The van der Waals surface area contributed by atoms with Crippen LogP contribution >= 0.6 is 0 Å². The van der Waals surface area contributed by atoms with Crippen molar-refractivity contribution in [1.82, 2.24) is 0 Å². The molecule has 0 aliphatic heterocycles. The molecule has 0 aliphatic carbocycles. The van der Waals surface area contributed by atoms with E-state index in [1.165, 1.54) is 25.7 Å². The Morgan fingerprint density at radius 3 is 2.50 bits per heavy atom. The summed E-state index contributed by atoms with van der Waals surface area (Å²) in [5, 5.41) is 0. The van der Waals surface area contributed by atoms with Crippen molar-refractivity contribution in [2.75, 3.05) is 13.2 Å². The van der Waals surface area contributed by atoms with E-state index in [1.807, 2.05) is 0 Å². The fourth-order valence-corrected chi connectivity index (χ4v) is 1.01. The lowest BCUT2D eigenvalue weighted by atomic mass is 10.2. The second-order valence-electron chi connectivity index (χ2n) is 2.98. The summed E-state index contributed by atoms with van der Waals surface area (Å²) >= 11 is 0. The number of terminal acetylenes is 1. The van der Waals surface area contributed by atoms with Gasteiger partial charge in [0.05, 0.1) is 0 Å². The number of hydrogen-bond donors (Lipinski definition) is 0. The van der Waals surface area contributed by atoms with Crippen molar-refractivity contribution in [1.29, 1.82) is 0 Å². The zero-order valence-electron chi connectivity index (χ0n) is 8.14. The molecule has 0 atom stereocenters. The van der Waals surface area contributed by atoms with Crippen molar-refractivity contribution in [3.05, 3.63) is 0 Å². The summed E-state index contributed by atoms with van der Waals surface area (Å²) in [6.45, 7) is 3.95. The van der Waals surface area contributed by atoms with Crippen LogP contribution in [-0.2, 0) is 4.74 Å². The van der Waals surface area contributed by atoms with Gasteiger partial charge in [-0.15, -0.1) is 12.3 Å². The fraction of sp³-hybridized carbons (Fsp3) is 0.818. The molecule has 0 saturated carbocycles. The SMILES string of the molecule is C#CCCCOCCCCCC. The van der Waals surface area contributed by atoms with Crippen LogP contribution in [0.1, 0.15) is 45.4 Å². The summed E-state index contributed by atoms with van der Waals surface area (Å²) in [7, 11) is 0. The third-order valence-corrected chi connectivity index (χ3v) is 1.75. The summed E-state index contributed by atoms with van der Waals surface area (Å²) in [4.78, 5) is 0. The average Bonchev–Trinajstić information content (AvgIpc) is 2.10. The Morgan fingerprint density at radius 1 is 1.08 bits per heavy atom. The minimum absolute atomic E-state index is 0.830. The Bertz CT molecular complexity index is 113. The van der Waals surface area contributed by atoms with Crippen LogP contribution in [-0.4, -0.2) is 13.2 Å². The van der Waals surface area contributed by atoms with Crippen LogP contribution in [0.3, 0.4) is 0 Å². The first-order valence-electron chi connectivity index (χ1n) is 4.93. The second-order valence-corrected chi connectivity index (χ2v) is 2.98. The van der Waals surface area contributed by atoms with Crippen molar-refractivity contribution in [3.63, 3.8) is 0 Å². The monoisotopic (exact) mass is 168 g/mol. The highest BCUT2D eigenvalue weighted by molar-refractivity contribution is 4.82. The van der Waals surface area contributed by atoms with Crippen LogP contribution in [0, 0.1) is 12.3 Å².